The minimum atomic E-state index is -0.346. The molecule has 0 amide bonds. The Hall–Kier alpha value is -1.58. The molecule has 4 heteroatoms. The highest BCUT2D eigenvalue weighted by molar-refractivity contribution is 5.95. The van der Waals surface area contributed by atoms with E-state index in [4.69, 9.17) is 4.74 Å². The highest BCUT2D eigenvalue weighted by Gasteiger charge is 2.07. The van der Waals surface area contributed by atoms with E-state index in [9.17, 15) is 4.39 Å². The van der Waals surface area contributed by atoms with Gasteiger partial charge in [0, 0.05) is 24.7 Å². The van der Waals surface area contributed by atoms with E-state index in [1.165, 1.54) is 19.6 Å². The third-order valence-corrected chi connectivity index (χ3v) is 2.81. The Kier molecular flexibility index (Phi) is 3.96. The molecular weight excluding hydrogens is 219 g/mol. The number of hydrogen-bond acceptors (Lipinski definition) is 3. The van der Waals surface area contributed by atoms with E-state index in [0.29, 0.717) is 0 Å². The average Bonchev–Trinajstić information content (AvgIpc) is 2.60. The Bertz CT molecular complexity index is 418. The lowest BCUT2D eigenvalue weighted by atomic mass is 10.2. The molecule has 0 bridgehead atoms. The summed E-state index contributed by atoms with van der Waals surface area (Å²) in [5, 5.41) is 3.23. The van der Waals surface area contributed by atoms with Crippen LogP contribution in [0, 0.1) is 5.82 Å². The van der Waals surface area contributed by atoms with Crippen LogP contribution >= 0.6 is 0 Å². The summed E-state index contributed by atoms with van der Waals surface area (Å²) in [4.78, 5) is 4.47. The molecule has 0 spiro atoms. The molecule has 0 aromatic heterocycles. The van der Waals surface area contributed by atoms with Gasteiger partial charge in [-0.15, -0.1) is 0 Å². The fourth-order valence-electron chi connectivity index (χ4n) is 1.88. The molecule has 0 saturated heterocycles. The van der Waals surface area contributed by atoms with Crippen molar-refractivity contribution in [3.8, 4) is 5.75 Å². The molecule has 1 N–H and O–H groups in total. The minimum absolute atomic E-state index is 0.254. The summed E-state index contributed by atoms with van der Waals surface area (Å²) in [5.41, 5.74) is 0.823. The maximum Gasteiger partial charge on any atom is 0.165 e. The largest absolute Gasteiger partial charge is 0.494 e. The zero-order chi connectivity index (χ0) is 12.1. The van der Waals surface area contributed by atoms with E-state index < -0.39 is 0 Å². The topological polar surface area (TPSA) is 33.6 Å². The van der Waals surface area contributed by atoms with Gasteiger partial charge in [-0.1, -0.05) is 6.42 Å². The van der Waals surface area contributed by atoms with E-state index in [1.54, 1.807) is 12.1 Å². The lowest BCUT2D eigenvalue weighted by Gasteiger charge is -2.10. The van der Waals surface area contributed by atoms with E-state index >= 15 is 0 Å². The summed E-state index contributed by atoms with van der Waals surface area (Å²) in [5.74, 6) is 0.890. The number of rotatable bonds is 2. The lowest BCUT2D eigenvalue weighted by Crippen LogP contribution is -2.11. The minimum Gasteiger partial charge on any atom is -0.494 e. The Morgan fingerprint density at radius 1 is 1.29 bits per heavy atom. The van der Waals surface area contributed by atoms with Gasteiger partial charge in [0.1, 0.15) is 5.84 Å². The second-order valence-corrected chi connectivity index (χ2v) is 4.11. The maximum absolute atomic E-state index is 13.2. The molecule has 17 heavy (non-hydrogen) atoms. The number of benzene rings is 1. The van der Waals surface area contributed by atoms with Crippen LogP contribution in [0.15, 0.2) is 23.2 Å². The molecule has 92 valence electrons. The van der Waals surface area contributed by atoms with Gasteiger partial charge in [0.15, 0.2) is 11.6 Å². The van der Waals surface area contributed by atoms with Crippen LogP contribution in [0.5, 0.6) is 5.75 Å². The highest BCUT2D eigenvalue weighted by atomic mass is 19.1. The van der Waals surface area contributed by atoms with E-state index in [-0.39, 0.29) is 11.6 Å². The van der Waals surface area contributed by atoms with Crippen LogP contribution in [-0.4, -0.2) is 19.5 Å². The summed E-state index contributed by atoms with van der Waals surface area (Å²) >= 11 is 0. The van der Waals surface area contributed by atoms with Crippen molar-refractivity contribution in [2.24, 2.45) is 4.99 Å². The van der Waals surface area contributed by atoms with Crippen molar-refractivity contribution in [2.75, 3.05) is 19.0 Å². The molecule has 1 aliphatic heterocycles. The Morgan fingerprint density at radius 2 is 2.18 bits per heavy atom. The fourth-order valence-corrected chi connectivity index (χ4v) is 1.88. The normalized spacial score (nSPS) is 16.0. The number of ether oxygens (including phenoxy) is 1. The Balaban J connectivity index is 2.09. The predicted octanol–water partition coefficient (Wildman–Crippen LogP) is 3.22. The van der Waals surface area contributed by atoms with Crippen molar-refractivity contribution >= 4 is 11.5 Å². The van der Waals surface area contributed by atoms with Gasteiger partial charge in [0.05, 0.1) is 7.11 Å². The smallest absolute Gasteiger partial charge is 0.165 e. The number of nitrogens with zero attached hydrogens (tertiary/aromatic N) is 1. The van der Waals surface area contributed by atoms with Gasteiger partial charge >= 0.3 is 0 Å². The lowest BCUT2D eigenvalue weighted by molar-refractivity contribution is 0.387. The van der Waals surface area contributed by atoms with Crippen molar-refractivity contribution in [1.82, 2.24) is 0 Å². The first-order valence-corrected chi connectivity index (χ1v) is 5.93. The number of methoxy groups -OCH3 is 1. The summed E-state index contributed by atoms with van der Waals surface area (Å²) in [6, 6.07) is 4.76. The zero-order valence-electron chi connectivity index (χ0n) is 10.0. The number of anilines is 1. The van der Waals surface area contributed by atoms with Gasteiger partial charge < -0.3 is 10.1 Å². The molecule has 0 saturated carbocycles. The second-order valence-electron chi connectivity index (χ2n) is 4.11. The first-order chi connectivity index (χ1) is 8.29. The molecule has 1 aromatic carbocycles. The van der Waals surface area contributed by atoms with Gasteiger partial charge in [0.25, 0.3) is 0 Å². The maximum atomic E-state index is 13.2. The first kappa shape index (κ1) is 11.9. The summed E-state index contributed by atoms with van der Waals surface area (Å²) in [6.45, 7) is 0.876. The van der Waals surface area contributed by atoms with Crippen molar-refractivity contribution in [3.05, 3.63) is 24.0 Å². The quantitative estimate of drug-likeness (QED) is 0.855. The van der Waals surface area contributed by atoms with Crippen molar-refractivity contribution in [3.63, 3.8) is 0 Å². The van der Waals surface area contributed by atoms with Crippen LogP contribution in [0.25, 0.3) is 0 Å². The molecule has 0 aliphatic carbocycles. The molecule has 0 fully saturated rings. The van der Waals surface area contributed by atoms with Gasteiger partial charge in [-0.25, -0.2) is 4.39 Å². The van der Waals surface area contributed by atoms with Gasteiger partial charge in [-0.3, -0.25) is 4.99 Å². The second kappa shape index (κ2) is 5.66. The molecule has 1 aliphatic rings. The molecule has 3 nitrogen and oxygen atoms in total. The molecule has 1 aromatic rings. The Morgan fingerprint density at radius 3 is 3.00 bits per heavy atom. The Labute approximate surface area is 101 Å². The summed E-state index contributed by atoms with van der Waals surface area (Å²) < 4.78 is 18.2. The van der Waals surface area contributed by atoms with E-state index in [2.05, 4.69) is 10.3 Å². The summed E-state index contributed by atoms with van der Waals surface area (Å²) in [7, 11) is 1.46. The SMILES string of the molecule is COc1cc(NC2=NCCCCC2)ccc1F. The zero-order valence-corrected chi connectivity index (χ0v) is 10.0. The van der Waals surface area contributed by atoms with Gasteiger partial charge in [-0.2, -0.15) is 0 Å². The number of nitrogens with one attached hydrogen (secondary N) is 1. The van der Waals surface area contributed by atoms with Crippen molar-refractivity contribution in [1.29, 1.82) is 0 Å². The number of halogens is 1. The highest BCUT2D eigenvalue weighted by Crippen LogP contribution is 2.22. The number of amidine groups is 1. The summed E-state index contributed by atoms with van der Waals surface area (Å²) in [6.07, 6.45) is 4.49. The monoisotopic (exact) mass is 236 g/mol. The van der Waals surface area contributed by atoms with Crippen LogP contribution in [0.2, 0.25) is 0 Å². The van der Waals surface area contributed by atoms with Crippen molar-refractivity contribution < 1.29 is 9.13 Å². The number of aliphatic imine (C=N–C) groups is 1. The average molecular weight is 236 g/mol. The third kappa shape index (κ3) is 3.19. The van der Waals surface area contributed by atoms with Crippen LogP contribution in [0.3, 0.4) is 0 Å². The molecule has 2 rings (SSSR count). The predicted molar refractivity (Wildman–Crippen MR) is 67.3 cm³/mol. The van der Waals surface area contributed by atoms with Gasteiger partial charge in [-0.05, 0) is 25.0 Å². The fraction of sp³-hybridized carbons (Fsp3) is 0.462. The van der Waals surface area contributed by atoms with E-state index in [0.717, 1.165) is 37.3 Å². The van der Waals surface area contributed by atoms with Crippen LogP contribution < -0.4 is 10.1 Å². The third-order valence-electron chi connectivity index (χ3n) is 2.81. The van der Waals surface area contributed by atoms with Crippen LogP contribution in [0.1, 0.15) is 25.7 Å². The van der Waals surface area contributed by atoms with Crippen LogP contribution in [-0.2, 0) is 0 Å². The first-order valence-electron chi connectivity index (χ1n) is 5.93. The van der Waals surface area contributed by atoms with Crippen LogP contribution in [0.4, 0.5) is 10.1 Å². The van der Waals surface area contributed by atoms with E-state index in [1.807, 2.05) is 0 Å². The van der Waals surface area contributed by atoms with Gasteiger partial charge in [0.2, 0.25) is 0 Å². The molecular formula is C13H17FN2O. The molecule has 0 atom stereocenters. The molecule has 1 heterocycles. The molecule has 0 radical (unpaired) electrons. The van der Waals surface area contributed by atoms with Crippen molar-refractivity contribution in [2.45, 2.75) is 25.7 Å². The molecule has 0 unspecified atom stereocenters. The number of hydrogen-bond donors (Lipinski definition) is 1. The standard InChI is InChI=1S/C13H17FN2O/c1-17-12-9-10(6-7-11(12)14)16-13-5-3-2-4-8-15-13/h6-7,9H,2-5,8H2,1H3,(H,15,16).